The van der Waals surface area contributed by atoms with Gasteiger partial charge in [0, 0.05) is 12.8 Å². The fraction of sp³-hybridized carbons (Fsp3) is 0.871. The zero-order valence-electron chi connectivity index (χ0n) is 22.9. The number of hydrogen-bond donors (Lipinski definition) is 0. The van der Waals surface area contributed by atoms with Crippen molar-refractivity contribution in [1.29, 1.82) is 0 Å². The first-order chi connectivity index (χ1) is 17.3. The van der Waals surface area contributed by atoms with Gasteiger partial charge in [0.1, 0.15) is 0 Å². The van der Waals surface area contributed by atoms with Crippen LogP contribution in [0.1, 0.15) is 161 Å². The number of carbonyl (C=O) groups is 2. The molecule has 2 heterocycles. The van der Waals surface area contributed by atoms with Crippen molar-refractivity contribution in [3.63, 3.8) is 0 Å². The van der Waals surface area contributed by atoms with Gasteiger partial charge in [0.25, 0.3) is 0 Å². The van der Waals surface area contributed by atoms with E-state index in [1.165, 1.54) is 109 Å². The van der Waals surface area contributed by atoms with Gasteiger partial charge < -0.3 is 9.47 Å². The van der Waals surface area contributed by atoms with Crippen LogP contribution in [0.15, 0.2) is 12.2 Å². The molecule has 0 unspecified atom stereocenters. The van der Waals surface area contributed by atoms with Crippen LogP contribution in [0.3, 0.4) is 0 Å². The lowest BCUT2D eigenvalue weighted by molar-refractivity contribution is -0.144. The molecule has 0 aliphatic carbocycles. The van der Waals surface area contributed by atoms with Crippen LogP contribution in [-0.2, 0) is 19.1 Å². The molecule has 0 N–H and O–H groups in total. The molecule has 0 aromatic carbocycles. The van der Waals surface area contributed by atoms with Gasteiger partial charge in [0.05, 0.1) is 13.2 Å². The van der Waals surface area contributed by atoms with E-state index in [4.69, 9.17) is 9.47 Å². The third kappa shape index (κ3) is 24.2. The molecule has 1 fully saturated rings. The van der Waals surface area contributed by atoms with Gasteiger partial charge >= 0.3 is 11.9 Å². The molecule has 2 aliphatic rings. The van der Waals surface area contributed by atoms with Crippen LogP contribution in [0.25, 0.3) is 0 Å². The molecule has 0 saturated carbocycles. The van der Waals surface area contributed by atoms with Crippen LogP contribution >= 0.6 is 0 Å². The van der Waals surface area contributed by atoms with Gasteiger partial charge in [-0.25, -0.2) is 0 Å². The average molecular weight is 493 g/mol. The molecular weight excluding hydrogens is 436 g/mol. The summed E-state index contributed by atoms with van der Waals surface area (Å²) in [6, 6.07) is 0. The number of rotatable bonds is 0. The first-order valence-electron chi connectivity index (χ1n) is 15.3. The quantitative estimate of drug-likeness (QED) is 0.249. The molecule has 1 saturated heterocycles. The summed E-state index contributed by atoms with van der Waals surface area (Å²) >= 11 is 0. The van der Waals surface area contributed by atoms with Crippen molar-refractivity contribution in [3.05, 3.63) is 12.2 Å². The van der Waals surface area contributed by atoms with E-state index in [1.54, 1.807) is 0 Å². The molecule has 0 spiro atoms. The van der Waals surface area contributed by atoms with Crippen molar-refractivity contribution >= 4 is 11.9 Å². The molecular formula is C31H56O4. The second-order valence-electron chi connectivity index (χ2n) is 10.4. The average Bonchev–Trinajstić information content (AvgIpc) is 2.85. The first-order valence-corrected chi connectivity index (χ1v) is 15.3. The fourth-order valence-electron chi connectivity index (χ4n) is 4.67. The number of allylic oxidation sites excluding steroid dienone is 2. The van der Waals surface area contributed by atoms with Gasteiger partial charge in [0.2, 0.25) is 0 Å². The van der Waals surface area contributed by atoms with Crippen LogP contribution in [0, 0.1) is 0 Å². The number of hydrogen-bond acceptors (Lipinski definition) is 4. The summed E-state index contributed by atoms with van der Waals surface area (Å²) < 4.78 is 10.4. The van der Waals surface area contributed by atoms with Gasteiger partial charge in [-0.1, -0.05) is 108 Å². The molecule has 35 heavy (non-hydrogen) atoms. The topological polar surface area (TPSA) is 52.6 Å². The van der Waals surface area contributed by atoms with Gasteiger partial charge in [-0.3, -0.25) is 9.59 Å². The van der Waals surface area contributed by atoms with Crippen molar-refractivity contribution in [2.75, 3.05) is 13.2 Å². The summed E-state index contributed by atoms with van der Waals surface area (Å²) in [6.45, 7) is 1.26. The zero-order valence-corrected chi connectivity index (χ0v) is 22.9. The van der Waals surface area contributed by atoms with E-state index >= 15 is 0 Å². The predicted octanol–water partition coefficient (Wildman–Crippen LogP) is 9.40. The zero-order chi connectivity index (χ0) is 25.1. The molecule has 4 nitrogen and oxygen atoms in total. The molecule has 0 aromatic heterocycles. The van der Waals surface area contributed by atoms with E-state index in [2.05, 4.69) is 12.2 Å². The molecule has 4 heteroatoms. The van der Waals surface area contributed by atoms with E-state index in [1.807, 2.05) is 0 Å². The Balaban J connectivity index is 0.000000351. The maximum Gasteiger partial charge on any atom is 0.305 e. The standard InChI is InChI=1S/C16H28O2.C15H28O2/c17-16-14-12-10-8-6-4-2-1-3-5-7-9-11-13-15-18-16;16-15-13-11-9-7-5-3-1-2-4-6-8-10-12-14-17-15/h2,4H,1,3,5-15H2;1-14H2/b4-2-;. The lowest BCUT2D eigenvalue weighted by Gasteiger charge is -2.06. The Kier molecular flexibility index (Phi) is 23.3. The van der Waals surface area contributed by atoms with Gasteiger partial charge in [0.15, 0.2) is 0 Å². The summed E-state index contributed by atoms with van der Waals surface area (Å²) in [5.74, 6) is 0.00644. The normalized spacial score (nSPS) is 23.4. The summed E-state index contributed by atoms with van der Waals surface area (Å²) in [5, 5.41) is 0. The highest BCUT2D eigenvalue weighted by molar-refractivity contribution is 5.69. The summed E-state index contributed by atoms with van der Waals surface area (Å²) in [6.07, 6.45) is 34.4. The molecule has 0 amide bonds. The Morgan fingerprint density at radius 3 is 1.06 bits per heavy atom. The van der Waals surface area contributed by atoms with Crippen LogP contribution < -0.4 is 0 Å². The molecule has 2 aliphatic heterocycles. The Labute approximate surface area is 217 Å². The minimum atomic E-state index is -0.00476. The Morgan fingerprint density at radius 1 is 0.371 bits per heavy atom. The molecule has 0 radical (unpaired) electrons. The summed E-state index contributed by atoms with van der Waals surface area (Å²) in [7, 11) is 0. The summed E-state index contributed by atoms with van der Waals surface area (Å²) in [5.41, 5.74) is 0. The van der Waals surface area contributed by atoms with E-state index in [0.717, 1.165) is 38.5 Å². The highest BCUT2D eigenvalue weighted by atomic mass is 16.5. The maximum absolute atomic E-state index is 11.4. The summed E-state index contributed by atoms with van der Waals surface area (Å²) in [4.78, 5) is 22.7. The number of esters is 2. The van der Waals surface area contributed by atoms with Crippen molar-refractivity contribution < 1.29 is 19.1 Å². The van der Waals surface area contributed by atoms with E-state index < -0.39 is 0 Å². The molecule has 0 atom stereocenters. The lowest BCUT2D eigenvalue weighted by Crippen LogP contribution is -2.05. The van der Waals surface area contributed by atoms with Crippen LogP contribution in [-0.4, -0.2) is 25.2 Å². The van der Waals surface area contributed by atoms with Crippen LogP contribution in [0.4, 0.5) is 0 Å². The fourth-order valence-corrected chi connectivity index (χ4v) is 4.67. The van der Waals surface area contributed by atoms with Crippen molar-refractivity contribution in [2.24, 2.45) is 0 Å². The second kappa shape index (κ2) is 25.8. The second-order valence-corrected chi connectivity index (χ2v) is 10.4. The first kappa shape index (κ1) is 31.7. The minimum absolute atomic E-state index is 0.00476. The highest BCUT2D eigenvalue weighted by Gasteiger charge is 2.04. The van der Waals surface area contributed by atoms with E-state index in [0.29, 0.717) is 26.1 Å². The third-order valence-corrected chi connectivity index (χ3v) is 6.98. The van der Waals surface area contributed by atoms with Crippen molar-refractivity contribution in [2.45, 2.75) is 161 Å². The number of cyclic esters (lactones) is 2. The smallest absolute Gasteiger partial charge is 0.305 e. The van der Waals surface area contributed by atoms with Gasteiger partial charge in [-0.15, -0.1) is 0 Å². The van der Waals surface area contributed by atoms with Crippen molar-refractivity contribution in [3.8, 4) is 0 Å². The molecule has 2 rings (SSSR count). The lowest BCUT2D eigenvalue weighted by atomic mass is 10.0. The number of carbonyl (C=O) groups excluding carboxylic acids is 2. The highest BCUT2D eigenvalue weighted by Crippen LogP contribution is 2.14. The maximum atomic E-state index is 11.4. The van der Waals surface area contributed by atoms with Crippen molar-refractivity contribution in [1.82, 2.24) is 0 Å². The van der Waals surface area contributed by atoms with Gasteiger partial charge in [-0.05, 0) is 51.4 Å². The third-order valence-electron chi connectivity index (χ3n) is 6.98. The Morgan fingerprint density at radius 2 is 0.657 bits per heavy atom. The monoisotopic (exact) mass is 492 g/mol. The molecule has 0 aromatic rings. The Hall–Kier alpha value is -1.32. The van der Waals surface area contributed by atoms with Crippen LogP contribution in [0.5, 0.6) is 0 Å². The Bertz CT molecular complexity index is 496. The molecule has 0 bridgehead atoms. The van der Waals surface area contributed by atoms with Gasteiger partial charge in [-0.2, -0.15) is 0 Å². The SMILES string of the molecule is O=C1CCCCC/C=C\CCCCCCCCO1.O=C1CCCCCCCCCCCCCCO1. The van der Waals surface area contributed by atoms with E-state index in [9.17, 15) is 9.59 Å². The number of ether oxygens (including phenoxy) is 2. The predicted molar refractivity (Wildman–Crippen MR) is 146 cm³/mol. The molecule has 204 valence electrons. The van der Waals surface area contributed by atoms with Crippen LogP contribution in [0.2, 0.25) is 0 Å². The minimum Gasteiger partial charge on any atom is -0.466 e. The largest absolute Gasteiger partial charge is 0.466 e. The van der Waals surface area contributed by atoms with E-state index in [-0.39, 0.29) is 11.9 Å².